The summed E-state index contributed by atoms with van der Waals surface area (Å²) >= 11 is 0. The zero-order valence-electron chi connectivity index (χ0n) is 25.7. The molecule has 1 aromatic rings. The molecule has 0 aromatic heterocycles. The van der Waals surface area contributed by atoms with Gasteiger partial charge < -0.3 is 14.8 Å². The van der Waals surface area contributed by atoms with Gasteiger partial charge in [-0.3, -0.25) is 4.79 Å². The second kappa shape index (κ2) is 10.9. The topological polar surface area (TPSA) is 64.6 Å². The van der Waals surface area contributed by atoms with Crippen molar-refractivity contribution in [3.63, 3.8) is 0 Å². The van der Waals surface area contributed by atoms with Gasteiger partial charge in [0.1, 0.15) is 12.2 Å². The zero-order valence-corrected chi connectivity index (χ0v) is 25.7. The number of carbonyl (C=O) groups is 2. The summed E-state index contributed by atoms with van der Waals surface area (Å²) in [7, 11) is 0. The van der Waals surface area contributed by atoms with E-state index in [2.05, 4.69) is 39.1 Å². The summed E-state index contributed by atoms with van der Waals surface area (Å²) in [6.45, 7) is 12.0. The van der Waals surface area contributed by atoms with Gasteiger partial charge in [-0.05, 0) is 104 Å². The number of rotatable bonds is 7. The monoisotopic (exact) mass is 559 g/mol. The molecule has 0 unspecified atom stereocenters. The van der Waals surface area contributed by atoms with Gasteiger partial charge in [0.2, 0.25) is 5.91 Å². The van der Waals surface area contributed by atoms with Gasteiger partial charge in [0.05, 0.1) is 11.3 Å². The van der Waals surface area contributed by atoms with Gasteiger partial charge in [-0.2, -0.15) is 0 Å². The summed E-state index contributed by atoms with van der Waals surface area (Å²) in [6, 6.07) is 9.40. The van der Waals surface area contributed by atoms with Crippen LogP contribution in [0, 0.1) is 40.4 Å². The molecule has 1 amide bonds. The van der Waals surface area contributed by atoms with Crippen LogP contribution in [-0.4, -0.2) is 30.6 Å². The maximum atomic E-state index is 12.7. The number of ether oxygens (including phenoxy) is 2. The van der Waals surface area contributed by atoms with Gasteiger partial charge in [-0.1, -0.05) is 50.6 Å². The molecule has 9 atom stereocenters. The molecule has 5 heteroatoms. The molecular formula is C36H49NO4. The minimum absolute atomic E-state index is 0.0150. The number of amides is 1. The molecule has 1 aromatic carbocycles. The lowest BCUT2D eigenvalue weighted by molar-refractivity contribution is -0.119. The molecule has 1 aliphatic heterocycles. The van der Waals surface area contributed by atoms with Gasteiger partial charge in [-0.15, -0.1) is 0 Å². The molecular weight excluding hydrogens is 510 g/mol. The number of benzene rings is 1. The molecule has 3 saturated carbocycles. The minimum Gasteiger partial charge on any atom is -0.494 e. The highest BCUT2D eigenvalue weighted by Crippen LogP contribution is 2.69. The molecule has 0 saturated heterocycles. The van der Waals surface area contributed by atoms with E-state index < -0.39 is 0 Å². The van der Waals surface area contributed by atoms with Gasteiger partial charge in [-0.25, -0.2) is 4.79 Å². The Kier molecular flexibility index (Phi) is 7.61. The maximum absolute atomic E-state index is 12.7. The fourth-order valence-corrected chi connectivity index (χ4v) is 9.90. The van der Waals surface area contributed by atoms with Crippen molar-refractivity contribution in [2.45, 2.75) is 105 Å². The van der Waals surface area contributed by atoms with E-state index in [4.69, 9.17) is 9.47 Å². The molecule has 222 valence electrons. The lowest BCUT2D eigenvalue weighted by Gasteiger charge is -2.58. The Morgan fingerprint density at radius 1 is 1.12 bits per heavy atom. The van der Waals surface area contributed by atoms with Gasteiger partial charge >= 0.3 is 5.97 Å². The van der Waals surface area contributed by atoms with E-state index in [-0.39, 0.29) is 23.4 Å². The Morgan fingerprint density at radius 3 is 2.66 bits per heavy atom. The molecule has 41 heavy (non-hydrogen) atoms. The highest BCUT2D eigenvalue weighted by Gasteiger charge is 2.63. The first kappa shape index (κ1) is 28.6. The van der Waals surface area contributed by atoms with E-state index in [1.807, 2.05) is 30.3 Å². The van der Waals surface area contributed by atoms with Gasteiger partial charge in [0, 0.05) is 32.2 Å². The molecule has 0 radical (unpaired) electrons. The average molecular weight is 560 g/mol. The standard InChI is InChI=1S/C36H49NO4/c1-22(21-37-24(3)38)11-14-31-23(2)33-32(41-31)20-30-28-13-12-26-19-27(40-34(39)25-9-7-6-8-10-25)15-17-35(26,4)29(28)16-18-36(30,33)5/h6-10,12,22,27-30,32-33H,11,13-21H2,1-5H3,(H,37,38)/t22-,27-,28-,29+,30+,32+,33+,35+,36+/m1/s1. The van der Waals surface area contributed by atoms with Crippen LogP contribution in [0.15, 0.2) is 53.3 Å². The number of hydrogen-bond donors (Lipinski definition) is 1. The maximum Gasteiger partial charge on any atom is 0.338 e. The largest absolute Gasteiger partial charge is 0.494 e. The second-order valence-corrected chi connectivity index (χ2v) is 14.5. The predicted octanol–water partition coefficient (Wildman–Crippen LogP) is 7.63. The fourth-order valence-electron chi connectivity index (χ4n) is 9.90. The average Bonchev–Trinajstić information content (AvgIpc) is 3.44. The third-order valence-corrected chi connectivity index (χ3v) is 12.1. The van der Waals surface area contributed by atoms with Gasteiger partial charge in [0.15, 0.2) is 0 Å². The summed E-state index contributed by atoms with van der Waals surface area (Å²) < 4.78 is 12.8. The SMILES string of the molecule is CC(=O)NC[C@H](C)CCC1=C(C)[C@H]2[C@H](C[C@H]3[C@@H]4CC=C5C[C@H](OC(=O)c6ccccc6)CC[C@]5(C)[C@H]4CC[C@@]32C)O1. The van der Waals surface area contributed by atoms with Crippen molar-refractivity contribution in [3.05, 3.63) is 58.9 Å². The van der Waals surface area contributed by atoms with E-state index in [1.54, 1.807) is 12.5 Å². The molecule has 5 aliphatic rings. The molecule has 3 fully saturated rings. The predicted molar refractivity (Wildman–Crippen MR) is 161 cm³/mol. The van der Waals surface area contributed by atoms with Crippen molar-refractivity contribution >= 4 is 11.9 Å². The first-order valence-corrected chi connectivity index (χ1v) is 16.2. The van der Waals surface area contributed by atoms with E-state index in [0.717, 1.165) is 45.1 Å². The lowest BCUT2D eigenvalue weighted by Crippen LogP contribution is -2.50. The summed E-state index contributed by atoms with van der Waals surface area (Å²) in [4.78, 5) is 24.0. The number of fused-ring (bicyclic) bond motifs is 7. The quantitative estimate of drug-likeness (QED) is 0.276. The van der Waals surface area contributed by atoms with Crippen LogP contribution in [0.1, 0.15) is 103 Å². The third kappa shape index (κ3) is 5.06. The van der Waals surface area contributed by atoms with Crippen molar-refractivity contribution in [1.82, 2.24) is 5.32 Å². The van der Waals surface area contributed by atoms with E-state index >= 15 is 0 Å². The van der Waals surface area contributed by atoms with Gasteiger partial charge in [0.25, 0.3) is 0 Å². The third-order valence-electron chi connectivity index (χ3n) is 12.1. The van der Waals surface area contributed by atoms with Crippen molar-refractivity contribution in [3.8, 4) is 0 Å². The van der Waals surface area contributed by atoms with E-state index in [9.17, 15) is 9.59 Å². The van der Waals surface area contributed by atoms with Crippen LogP contribution in [0.4, 0.5) is 0 Å². The number of allylic oxidation sites excluding steroid dienone is 2. The number of carbonyl (C=O) groups excluding carboxylic acids is 2. The first-order valence-electron chi connectivity index (χ1n) is 16.2. The molecule has 6 rings (SSSR count). The van der Waals surface area contributed by atoms with Crippen molar-refractivity contribution < 1.29 is 19.1 Å². The second-order valence-electron chi connectivity index (χ2n) is 14.5. The summed E-state index contributed by atoms with van der Waals surface area (Å²) in [6.07, 6.45) is 12.8. The van der Waals surface area contributed by atoms with Crippen LogP contribution in [0.25, 0.3) is 0 Å². The van der Waals surface area contributed by atoms with Crippen LogP contribution in [0.2, 0.25) is 0 Å². The number of nitrogens with one attached hydrogen (secondary N) is 1. The molecule has 1 heterocycles. The molecule has 5 nitrogen and oxygen atoms in total. The van der Waals surface area contributed by atoms with E-state index in [1.165, 1.54) is 30.6 Å². The zero-order chi connectivity index (χ0) is 28.9. The summed E-state index contributed by atoms with van der Waals surface area (Å²) in [5.74, 6) is 4.21. The highest BCUT2D eigenvalue weighted by atomic mass is 16.5. The van der Waals surface area contributed by atoms with E-state index in [0.29, 0.717) is 46.7 Å². The Morgan fingerprint density at radius 2 is 1.90 bits per heavy atom. The minimum atomic E-state index is -0.190. The molecule has 1 N–H and O–H groups in total. The van der Waals surface area contributed by atoms with Crippen LogP contribution in [-0.2, 0) is 14.3 Å². The summed E-state index contributed by atoms with van der Waals surface area (Å²) in [5.41, 5.74) is 4.22. The lowest BCUT2D eigenvalue weighted by atomic mass is 9.47. The smallest absolute Gasteiger partial charge is 0.338 e. The van der Waals surface area contributed by atoms with Crippen molar-refractivity contribution in [2.24, 2.45) is 40.4 Å². The van der Waals surface area contributed by atoms with Crippen LogP contribution < -0.4 is 5.32 Å². The molecule has 4 aliphatic carbocycles. The van der Waals surface area contributed by atoms with Crippen LogP contribution >= 0.6 is 0 Å². The Balaban J connectivity index is 1.12. The fraction of sp³-hybridized carbons (Fsp3) is 0.667. The van der Waals surface area contributed by atoms with Crippen molar-refractivity contribution in [2.75, 3.05) is 6.54 Å². The molecule has 0 bridgehead atoms. The Labute approximate surface area is 246 Å². The highest BCUT2D eigenvalue weighted by molar-refractivity contribution is 5.89. The summed E-state index contributed by atoms with van der Waals surface area (Å²) in [5, 5.41) is 2.96. The number of esters is 1. The number of hydrogen-bond acceptors (Lipinski definition) is 4. The van der Waals surface area contributed by atoms with Crippen LogP contribution in [0.3, 0.4) is 0 Å². The Bertz CT molecular complexity index is 1240. The normalized spacial score (nSPS) is 38.0. The van der Waals surface area contributed by atoms with Crippen molar-refractivity contribution in [1.29, 1.82) is 0 Å². The molecule has 0 spiro atoms. The van der Waals surface area contributed by atoms with Crippen LogP contribution in [0.5, 0.6) is 0 Å². The Hall–Kier alpha value is -2.56. The first-order chi connectivity index (χ1) is 19.6.